The Morgan fingerprint density at radius 1 is 1.11 bits per heavy atom. The number of nitrogens with one attached hydrogen (secondary N) is 2. The highest BCUT2D eigenvalue weighted by Gasteiger charge is 2.33. The Labute approximate surface area is 160 Å². The van der Waals surface area contributed by atoms with Gasteiger partial charge in [0, 0.05) is 29.6 Å². The predicted molar refractivity (Wildman–Crippen MR) is 106 cm³/mol. The molecule has 27 heavy (non-hydrogen) atoms. The minimum Gasteiger partial charge on any atom is -0.493 e. The summed E-state index contributed by atoms with van der Waals surface area (Å²) >= 11 is 0. The number of nitrogens with zero attached hydrogens (tertiary/aromatic N) is 1. The summed E-state index contributed by atoms with van der Waals surface area (Å²) in [4.78, 5) is 18.5. The van der Waals surface area contributed by atoms with Crippen LogP contribution in [0.5, 0.6) is 11.5 Å². The summed E-state index contributed by atoms with van der Waals surface area (Å²) in [7, 11) is 3.22. The SMILES string of the molecule is COc1cc2cc(C(=O)NCC3CCCN4CCCCC34)[nH]c2cc1OC. The quantitative estimate of drug-likeness (QED) is 0.847. The summed E-state index contributed by atoms with van der Waals surface area (Å²) in [5.41, 5.74) is 1.45. The van der Waals surface area contributed by atoms with Crippen molar-refractivity contribution in [3.05, 3.63) is 23.9 Å². The highest BCUT2D eigenvalue weighted by molar-refractivity contribution is 5.98. The van der Waals surface area contributed by atoms with E-state index in [-0.39, 0.29) is 5.91 Å². The fraction of sp³-hybridized carbons (Fsp3) is 0.571. The predicted octanol–water partition coefficient (Wildman–Crippen LogP) is 3.18. The van der Waals surface area contributed by atoms with Gasteiger partial charge in [-0.1, -0.05) is 6.42 Å². The van der Waals surface area contributed by atoms with E-state index in [0.717, 1.165) is 17.4 Å². The maximum Gasteiger partial charge on any atom is 0.267 e. The topological polar surface area (TPSA) is 66.6 Å². The Morgan fingerprint density at radius 3 is 2.70 bits per heavy atom. The number of amides is 1. The van der Waals surface area contributed by atoms with E-state index >= 15 is 0 Å². The number of H-pyrrole nitrogens is 1. The molecule has 4 rings (SSSR count). The maximum atomic E-state index is 12.7. The van der Waals surface area contributed by atoms with Crippen LogP contribution < -0.4 is 14.8 Å². The molecule has 6 nitrogen and oxygen atoms in total. The molecule has 0 saturated carbocycles. The summed E-state index contributed by atoms with van der Waals surface area (Å²) in [6.45, 7) is 3.20. The molecule has 2 saturated heterocycles. The first-order chi connectivity index (χ1) is 13.2. The van der Waals surface area contributed by atoms with Crippen LogP contribution in [0.3, 0.4) is 0 Å². The van der Waals surface area contributed by atoms with Crippen LogP contribution in [0.2, 0.25) is 0 Å². The average molecular weight is 371 g/mol. The number of ether oxygens (including phenoxy) is 2. The number of methoxy groups -OCH3 is 2. The second-order valence-electron chi connectivity index (χ2n) is 7.69. The number of hydrogen-bond acceptors (Lipinski definition) is 4. The van der Waals surface area contributed by atoms with Crippen LogP contribution in [0, 0.1) is 5.92 Å². The zero-order valence-corrected chi connectivity index (χ0v) is 16.2. The normalized spacial score (nSPS) is 23.0. The van der Waals surface area contributed by atoms with Gasteiger partial charge in [0.15, 0.2) is 11.5 Å². The van der Waals surface area contributed by atoms with Gasteiger partial charge in [-0.25, -0.2) is 0 Å². The van der Waals surface area contributed by atoms with Gasteiger partial charge in [0.25, 0.3) is 5.91 Å². The molecule has 2 aliphatic rings. The number of rotatable bonds is 5. The Hall–Kier alpha value is -2.21. The average Bonchev–Trinajstić information content (AvgIpc) is 3.13. The molecule has 0 radical (unpaired) electrons. The first kappa shape index (κ1) is 18.2. The van der Waals surface area contributed by atoms with E-state index in [1.807, 2.05) is 18.2 Å². The number of carbonyl (C=O) groups excluding carboxylic acids is 1. The number of carbonyl (C=O) groups is 1. The third kappa shape index (κ3) is 3.63. The molecule has 2 fully saturated rings. The minimum atomic E-state index is -0.0444. The molecule has 3 heterocycles. The summed E-state index contributed by atoms with van der Waals surface area (Å²) in [5, 5.41) is 4.10. The number of fused-ring (bicyclic) bond motifs is 2. The van der Waals surface area contributed by atoms with Gasteiger partial charge < -0.3 is 24.7 Å². The van der Waals surface area contributed by atoms with Crippen LogP contribution >= 0.6 is 0 Å². The van der Waals surface area contributed by atoms with Crippen molar-refractivity contribution in [3.8, 4) is 11.5 Å². The van der Waals surface area contributed by atoms with E-state index in [9.17, 15) is 4.79 Å². The second-order valence-corrected chi connectivity index (χ2v) is 7.69. The summed E-state index contributed by atoms with van der Waals surface area (Å²) in [6, 6.07) is 6.28. The monoisotopic (exact) mass is 371 g/mol. The third-order valence-corrected chi connectivity index (χ3v) is 6.12. The van der Waals surface area contributed by atoms with Crippen molar-refractivity contribution in [2.24, 2.45) is 5.92 Å². The highest BCUT2D eigenvalue weighted by Crippen LogP contribution is 2.33. The van der Waals surface area contributed by atoms with Gasteiger partial charge in [-0.05, 0) is 56.8 Å². The van der Waals surface area contributed by atoms with E-state index in [0.29, 0.717) is 29.2 Å². The fourth-order valence-electron chi connectivity index (χ4n) is 4.72. The van der Waals surface area contributed by atoms with Crippen LogP contribution in [0.1, 0.15) is 42.6 Å². The molecule has 0 bridgehead atoms. The summed E-state index contributed by atoms with van der Waals surface area (Å²) in [5.74, 6) is 1.83. The van der Waals surface area contributed by atoms with Crippen LogP contribution in [0.4, 0.5) is 0 Å². The lowest BCUT2D eigenvalue weighted by Crippen LogP contribution is -2.51. The van der Waals surface area contributed by atoms with Crippen LogP contribution in [0.15, 0.2) is 18.2 Å². The van der Waals surface area contributed by atoms with Crippen molar-refractivity contribution < 1.29 is 14.3 Å². The largest absolute Gasteiger partial charge is 0.493 e. The Kier molecular flexibility index (Phi) is 5.25. The van der Waals surface area contributed by atoms with Crippen molar-refractivity contribution in [1.29, 1.82) is 0 Å². The first-order valence-corrected chi connectivity index (χ1v) is 9.96. The number of aromatic nitrogens is 1. The van der Waals surface area contributed by atoms with Crippen LogP contribution in [-0.2, 0) is 0 Å². The lowest BCUT2D eigenvalue weighted by atomic mass is 9.83. The maximum absolute atomic E-state index is 12.7. The van der Waals surface area contributed by atoms with E-state index in [1.54, 1.807) is 14.2 Å². The number of hydrogen-bond donors (Lipinski definition) is 2. The number of aromatic amines is 1. The molecule has 0 aliphatic carbocycles. The summed E-state index contributed by atoms with van der Waals surface area (Å²) < 4.78 is 10.7. The zero-order chi connectivity index (χ0) is 18.8. The van der Waals surface area contributed by atoms with Crippen LogP contribution in [-0.4, -0.2) is 55.7 Å². The third-order valence-electron chi connectivity index (χ3n) is 6.12. The second kappa shape index (κ2) is 7.80. The van der Waals surface area contributed by atoms with Crippen molar-refractivity contribution in [1.82, 2.24) is 15.2 Å². The molecule has 1 amide bonds. The van der Waals surface area contributed by atoms with Gasteiger partial charge in [0.1, 0.15) is 5.69 Å². The smallest absolute Gasteiger partial charge is 0.267 e. The molecule has 1 aromatic heterocycles. The molecular formula is C21H29N3O3. The Balaban J connectivity index is 1.45. The van der Waals surface area contributed by atoms with Crippen molar-refractivity contribution in [2.75, 3.05) is 33.9 Å². The van der Waals surface area contributed by atoms with E-state index < -0.39 is 0 Å². The van der Waals surface area contributed by atoms with Gasteiger partial charge in [-0.2, -0.15) is 0 Å². The standard InChI is InChI=1S/C21H29N3O3/c1-26-19-11-15-10-17(23-16(15)12-20(19)27-2)21(25)22-13-14-6-5-9-24-8-4-3-7-18(14)24/h10-12,14,18,23H,3-9,13H2,1-2H3,(H,22,25). The van der Waals surface area contributed by atoms with Gasteiger partial charge in [-0.3, -0.25) is 4.79 Å². The van der Waals surface area contributed by atoms with E-state index in [2.05, 4.69) is 15.2 Å². The highest BCUT2D eigenvalue weighted by atomic mass is 16.5. The zero-order valence-electron chi connectivity index (χ0n) is 16.2. The van der Waals surface area contributed by atoms with Crippen molar-refractivity contribution in [2.45, 2.75) is 38.1 Å². The van der Waals surface area contributed by atoms with Crippen molar-refractivity contribution in [3.63, 3.8) is 0 Å². The van der Waals surface area contributed by atoms with Gasteiger partial charge in [0.2, 0.25) is 0 Å². The lowest BCUT2D eigenvalue weighted by Gasteiger charge is -2.44. The van der Waals surface area contributed by atoms with Crippen LogP contribution in [0.25, 0.3) is 10.9 Å². The molecule has 1 aromatic carbocycles. The molecule has 2 aromatic rings. The lowest BCUT2D eigenvalue weighted by molar-refractivity contribution is 0.0575. The van der Waals surface area contributed by atoms with Gasteiger partial charge >= 0.3 is 0 Å². The van der Waals surface area contributed by atoms with E-state index in [4.69, 9.17) is 9.47 Å². The number of piperidine rings is 2. The van der Waals surface area contributed by atoms with Crippen molar-refractivity contribution >= 4 is 16.8 Å². The van der Waals surface area contributed by atoms with Gasteiger partial charge in [-0.15, -0.1) is 0 Å². The molecule has 2 aliphatic heterocycles. The molecule has 2 N–H and O–H groups in total. The molecule has 0 spiro atoms. The van der Waals surface area contributed by atoms with E-state index in [1.165, 1.54) is 45.2 Å². The molecule has 2 unspecified atom stereocenters. The Morgan fingerprint density at radius 2 is 1.89 bits per heavy atom. The molecular weight excluding hydrogens is 342 g/mol. The number of benzene rings is 1. The van der Waals surface area contributed by atoms with Gasteiger partial charge in [0.05, 0.1) is 14.2 Å². The molecule has 2 atom stereocenters. The molecule has 146 valence electrons. The molecule has 6 heteroatoms. The first-order valence-electron chi connectivity index (χ1n) is 9.96. The summed E-state index contributed by atoms with van der Waals surface area (Å²) in [6.07, 6.45) is 6.35. The minimum absolute atomic E-state index is 0.0444. The fourth-order valence-corrected chi connectivity index (χ4v) is 4.72. The Bertz CT molecular complexity index is 773.